The standard InChI is InChI=1S/C20H28N4OS.HI/c1-15(17-9-11-26-14-17)12-23-20(21-2)24-13-16-6-5-10-22-19(16)25-18-7-3-4-8-18;/h5-6,9-11,14-15,18H,3-4,7-8,12-13H2,1-2H3,(H2,21,23,24);1H. The number of aromatic nitrogens is 1. The van der Waals surface area contributed by atoms with Crippen molar-refractivity contribution in [2.24, 2.45) is 4.99 Å². The molecule has 27 heavy (non-hydrogen) atoms. The van der Waals surface area contributed by atoms with Gasteiger partial charge in [-0.1, -0.05) is 13.0 Å². The zero-order chi connectivity index (χ0) is 18.2. The summed E-state index contributed by atoms with van der Waals surface area (Å²) < 4.78 is 6.11. The summed E-state index contributed by atoms with van der Waals surface area (Å²) in [6.07, 6.45) is 6.88. The average Bonchev–Trinajstić information content (AvgIpc) is 3.37. The fourth-order valence-corrected chi connectivity index (χ4v) is 3.93. The molecule has 7 heteroatoms. The fourth-order valence-electron chi connectivity index (χ4n) is 3.15. The fraction of sp³-hybridized carbons (Fsp3) is 0.500. The zero-order valence-electron chi connectivity index (χ0n) is 16.0. The zero-order valence-corrected chi connectivity index (χ0v) is 19.1. The Hall–Kier alpha value is -1.35. The van der Waals surface area contributed by atoms with E-state index in [0.29, 0.717) is 18.6 Å². The minimum absolute atomic E-state index is 0. The molecule has 0 radical (unpaired) electrons. The molecule has 2 aromatic heterocycles. The van der Waals surface area contributed by atoms with E-state index in [1.165, 1.54) is 18.4 Å². The van der Waals surface area contributed by atoms with Crippen LogP contribution >= 0.6 is 35.3 Å². The summed E-state index contributed by atoms with van der Waals surface area (Å²) in [4.78, 5) is 8.76. The highest BCUT2D eigenvalue weighted by Gasteiger charge is 2.18. The molecule has 2 aromatic rings. The molecule has 0 spiro atoms. The first-order valence-electron chi connectivity index (χ1n) is 9.33. The van der Waals surface area contributed by atoms with Gasteiger partial charge in [-0.25, -0.2) is 4.98 Å². The van der Waals surface area contributed by atoms with Gasteiger partial charge in [0, 0.05) is 31.9 Å². The molecular weight excluding hydrogens is 471 g/mol. The molecule has 2 heterocycles. The Morgan fingerprint density at radius 1 is 1.33 bits per heavy atom. The third-order valence-corrected chi connectivity index (χ3v) is 5.49. The van der Waals surface area contributed by atoms with Gasteiger partial charge in [0.15, 0.2) is 5.96 Å². The highest BCUT2D eigenvalue weighted by molar-refractivity contribution is 14.0. The van der Waals surface area contributed by atoms with E-state index in [4.69, 9.17) is 4.74 Å². The van der Waals surface area contributed by atoms with Gasteiger partial charge in [0.2, 0.25) is 5.88 Å². The van der Waals surface area contributed by atoms with Gasteiger partial charge < -0.3 is 15.4 Å². The van der Waals surface area contributed by atoms with Crippen LogP contribution < -0.4 is 15.4 Å². The molecule has 1 unspecified atom stereocenters. The van der Waals surface area contributed by atoms with E-state index in [1.807, 2.05) is 6.07 Å². The van der Waals surface area contributed by atoms with Crippen LogP contribution in [0.15, 0.2) is 40.1 Å². The van der Waals surface area contributed by atoms with Crippen molar-refractivity contribution in [3.05, 3.63) is 46.3 Å². The lowest BCUT2D eigenvalue weighted by atomic mass is 10.1. The van der Waals surface area contributed by atoms with E-state index < -0.39 is 0 Å². The molecule has 2 N–H and O–H groups in total. The van der Waals surface area contributed by atoms with Crippen molar-refractivity contribution in [3.8, 4) is 5.88 Å². The lowest BCUT2D eigenvalue weighted by Crippen LogP contribution is -2.38. The van der Waals surface area contributed by atoms with Gasteiger partial charge in [-0.05, 0) is 60.1 Å². The van der Waals surface area contributed by atoms with E-state index in [0.717, 1.165) is 36.8 Å². The number of aliphatic imine (C=N–C) groups is 1. The maximum absolute atomic E-state index is 6.11. The molecule has 3 rings (SSSR count). The van der Waals surface area contributed by atoms with Crippen LogP contribution in [-0.2, 0) is 6.54 Å². The van der Waals surface area contributed by atoms with Gasteiger partial charge in [0.25, 0.3) is 0 Å². The molecule has 5 nitrogen and oxygen atoms in total. The Kier molecular flexibility index (Phi) is 9.33. The summed E-state index contributed by atoms with van der Waals surface area (Å²) in [6.45, 7) is 3.70. The number of nitrogens with one attached hydrogen (secondary N) is 2. The van der Waals surface area contributed by atoms with Crippen molar-refractivity contribution < 1.29 is 4.74 Å². The molecule has 1 fully saturated rings. The van der Waals surface area contributed by atoms with Crippen LogP contribution in [0.3, 0.4) is 0 Å². The maximum Gasteiger partial charge on any atom is 0.218 e. The smallest absolute Gasteiger partial charge is 0.218 e. The van der Waals surface area contributed by atoms with Gasteiger partial charge in [-0.2, -0.15) is 11.3 Å². The van der Waals surface area contributed by atoms with Crippen LogP contribution in [0.4, 0.5) is 0 Å². The number of hydrogen-bond acceptors (Lipinski definition) is 4. The molecular formula is C20H29IN4OS. The lowest BCUT2D eigenvalue weighted by molar-refractivity contribution is 0.199. The molecule has 0 amide bonds. The lowest BCUT2D eigenvalue weighted by Gasteiger charge is -2.18. The molecule has 1 atom stereocenters. The number of nitrogens with zero attached hydrogens (tertiary/aromatic N) is 2. The number of hydrogen-bond donors (Lipinski definition) is 2. The summed E-state index contributed by atoms with van der Waals surface area (Å²) in [5, 5.41) is 11.1. The number of guanidine groups is 1. The molecule has 1 saturated carbocycles. The number of halogens is 1. The number of pyridine rings is 1. The highest BCUT2D eigenvalue weighted by Crippen LogP contribution is 2.25. The third kappa shape index (κ3) is 6.64. The second kappa shape index (κ2) is 11.5. The Morgan fingerprint density at radius 2 is 2.15 bits per heavy atom. The predicted molar refractivity (Wildman–Crippen MR) is 123 cm³/mol. The highest BCUT2D eigenvalue weighted by atomic mass is 127. The summed E-state index contributed by atoms with van der Waals surface area (Å²) in [6, 6.07) is 6.19. The first kappa shape index (κ1) is 21.9. The molecule has 0 saturated heterocycles. The minimum Gasteiger partial charge on any atom is -0.474 e. The summed E-state index contributed by atoms with van der Waals surface area (Å²) in [7, 11) is 1.80. The largest absolute Gasteiger partial charge is 0.474 e. The monoisotopic (exact) mass is 500 g/mol. The average molecular weight is 500 g/mol. The van der Waals surface area contributed by atoms with Gasteiger partial charge >= 0.3 is 0 Å². The van der Waals surface area contributed by atoms with Crippen molar-refractivity contribution in [2.75, 3.05) is 13.6 Å². The predicted octanol–water partition coefficient (Wildman–Crippen LogP) is 4.55. The first-order chi connectivity index (χ1) is 12.8. The molecule has 0 aliphatic heterocycles. The summed E-state index contributed by atoms with van der Waals surface area (Å²) in [5.74, 6) is 1.98. The maximum atomic E-state index is 6.11. The van der Waals surface area contributed by atoms with E-state index in [-0.39, 0.29) is 24.0 Å². The van der Waals surface area contributed by atoms with Crippen molar-refractivity contribution in [1.29, 1.82) is 0 Å². The quantitative estimate of drug-likeness (QED) is 0.333. The van der Waals surface area contributed by atoms with Crippen LogP contribution in [0.2, 0.25) is 0 Å². The summed E-state index contributed by atoms with van der Waals surface area (Å²) in [5.41, 5.74) is 2.42. The number of ether oxygens (including phenoxy) is 1. The van der Waals surface area contributed by atoms with Crippen LogP contribution in [0.5, 0.6) is 5.88 Å². The van der Waals surface area contributed by atoms with Gasteiger partial charge in [-0.15, -0.1) is 24.0 Å². The molecule has 148 valence electrons. The molecule has 1 aliphatic rings. The van der Waals surface area contributed by atoms with Gasteiger partial charge in [0.1, 0.15) is 6.10 Å². The normalized spacial score (nSPS) is 15.9. The number of thiophene rings is 1. The Labute approximate surface area is 183 Å². The van der Waals surface area contributed by atoms with Crippen LogP contribution in [0, 0.1) is 0 Å². The van der Waals surface area contributed by atoms with Gasteiger partial charge in [0.05, 0.1) is 0 Å². The Bertz CT molecular complexity index is 702. The molecule has 0 bridgehead atoms. The van der Waals surface area contributed by atoms with Crippen LogP contribution in [0.25, 0.3) is 0 Å². The first-order valence-corrected chi connectivity index (χ1v) is 10.3. The Balaban J connectivity index is 0.00000261. The molecule has 1 aliphatic carbocycles. The topological polar surface area (TPSA) is 58.5 Å². The van der Waals surface area contributed by atoms with Crippen LogP contribution in [0.1, 0.15) is 49.7 Å². The van der Waals surface area contributed by atoms with Crippen molar-refractivity contribution >= 4 is 41.3 Å². The van der Waals surface area contributed by atoms with Gasteiger partial charge in [-0.3, -0.25) is 4.99 Å². The van der Waals surface area contributed by atoms with Crippen molar-refractivity contribution in [1.82, 2.24) is 15.6 Å². The Morgan fingerprint density at radius 3 is 2.85 bits per heavy atom. The second-order valence-electron chi connectivity index (χ2n) is 6.76. The van der Waals surface area contributed by atoms with Crippen molar-refractivity contribution in [3.63, 3.8) is 0 Å². The second-order valence-corrected chi connectivity index (χ2v) is 7.54. The minimum atomic E-state index is 0. The van der Waals surface area contributed by atoms with E-state index in [1.54, 1.807) is 24.6 Å². The van der Waals surface area contributed by atoms with E-state index >= 15 is 0 Å². The SMILES string of the molecule is CN=C(NCc1cccnc1OC1CCCC1)NCC(C)c1ccsc1.I. The third-order valence-electron chi connectivity index (χ3n) is 4.79. The molecule has 0 aromatic carbocycles. The van der Waals surface area contributed by atoms with E-state index in [2.05, 4.69) is 50.4 Å². The van der Waals surface area contributed by atoms with E-state index in [9.17, 15) is 0 Å². The summed E-state index contributed by atoms with van der Waals surface area (Å²) >= 11 is 1.74. The van der Waals surface area contributed by atoms with Crippen LogP contribution in [-0.4, -0.2) is 30.6 Å². The number of rotatable bonds is 7. The van der Waals surface area contributed by atoms with Crippen molar-refractivity contribution in [2.45, 2.75) is 51.2 Å².